The predicted octanol–water partition coefficient (Wildman–Crippen LogP) is 2.06. The number of pyridine rings is 1. The third kappa shape index (κ3) is 4.94. The fourth-order valence-electron chi connectivity index (χ4n) is 2.51. The van der Waals surface area contributed by atoms with Crippen LogP contribution in [-0.4, -0.2) is 29.5 Å². The van der Waals surface area contributed by atoms with Crippen LogP contribution in [0.15, 0.2) is 48.7 Å². The van der Waals surface area contributed by atoms with Crippen LogP contribution in [0.4, 0.5) is 10.5 Å². The summed E-state index contributed by atoms with van der Waals surface area (Å²) in [6.07, 6.45) is 3.01. The number of nitrogens with zero attached hydrogens (tertiary/aromatic N) is 1. The molecular weight excluding hydrogens is 320 g/mol. The summed E-state index contributed by atoms with van der Waals surface area (Å²) in [4.78, 5) is 27.8. The van der Waals surface area contributed by atoms with Gasteiger partial charge in [0.25, 0.3) is 0 Å². The fourth-order valence-corrected chi connectivity index (χ4v) is 2.51. The van der Waals surface area contributed by atoms with E-state index in [0.717, 1.165) is 12.0 Å². The standard InChI is InChI=1S/C18H20N4O3/c23-17-15(7-4-10-19-17)22-18(24)21-14-8-9-16(20-11-14)25-12-13-5-2-1-3-6-13/h1-3,5-6,8-9,11,15H,4,7,10,12H2,(H,19,23)(H2,21,22,24)/t15-/m1/s1. The summed E-state index contributed by atoms with van der Waals surface area (Å²) in [5.41, 5.74) is 1.58. The van der Waals surface area contributed by atoms with Gasteiger partial charge in [-0.05, 0) is 24.5 Å². The van der Waals surface area contributed by atoms with Crippen LogP contribution in [0.1, 0.15) is 18.4 Å². The number of amides is 3. The number of rotatable bonds is 5. The van der Waals surface area contributed by atoms with Gasteiger partial charge in [0.05, 0.1) is 11.9 Å². The SMILES string of the molecule is O=C(Nc1ccc(OCc2ccccc2)nc1)N[C@@H]1CCCNC1=O. The van der Waals surface area contributed by atoms with E-state index in [4.69, 9.17) is 4.74 Å². The van der Waals surface area contributed by atoms with Crippen molar-refractivity contribution in [3.05, 3.63) is 54.2 Å². The molecule has 0 aliphatic carbocycles. The van der Waals surface area contributed by atoms with Gasteiger partial charge in [-0.1, -0.05) is 30.3 Å². The molecule has 7 heteroatoms. The number of carbonyl (C=O) groups excluding carboxylic acids is 2. The Balaban J connectivity index is 1.48. The summed E-state index contributed by atoms with van der Waals surface area (Å²) < 4.78 is 5.60. The highest BCUT2D eigenvalue weighted by molar-refractivity contribution is 5.93. The molecule has 2 aromatic rings. The average Bonchev–Trinajstić information content (AvgIpc) is 2.64. The zero-order chi connectivity index (χ0) is 17.5. The molecule has 0 bridgehead atoms. The van der Waals surface area contributed by atoms with Gasteiger partial charge in [0, 0.05) is 12.6 Å². The van der Waals surface area contributed by atoms with Crippen LogP contribution < -0.4 is 20.7 Å². The number of aromatic nitrogens is 1. The Bertz CT molecular complexity index is 719. The van der Waals surface area contributed by atoms with Crippen LogP contribution in [-0.2, 0) is 11.4 Å². The second kappa shape index (κ2) is 8.14. The maximum Gasteiger partial charge on any atom is 0.319 e. The van der Waals surface area contributed by atoms with E-state index in [1.54, 1.807) is 12.1 Å². The molecule has 0 spiro atoms. The number of hydrogen-bond donors (Lipinski definition) is 3. The van der Waals surface area contributed by atoms with Crippen molar-refractivity contribution in [2.75, 3.05) is 11.9 Å². The highest BCUT2D eigenvalue weighted by Gasteiger charge is 2.23. The molecule has 0 unspecified atom stereocenters. The van der Waals surface area contributed by atoms with E-state index in [2.05, 4.69) is 20.9 Å². The van der Waals surface area contributed by atoms with Gasteiger partial charge in [0.15, 0.2) is 0 Å². The molecule has 1 fully saturated rings. The summed E-state index contributed by atoms with van der Waals surface area (Å²) in [5, 5.41) is 8.05. The third-order valence-corrected chi connectivity index (χ3v) is 3.81. The summed E-state index contributed by atoms with van der Waals surface area (Å²) in [5.74, 6) is 0.325. The normalized spacial score (nSPS) is 16.6. The third-order valence-electron chi connectivity index (χ3n) is 3.81. The molecule has 1 aliphatic heterocycles. The Morgan fingerprint density at radius 3 is 2.80 bits per heavy atom. The van der Waals surface area contributed by atoms with Gasteiger partial charge in [-0.15, -0.1) is 0 Å². The van der Waals surface area contributed by atoms with Crippen molar-refractivity contribution >= 4 is 17.6 Å². The zero-order valence-electron chi connectivity index (χ0n) is 13.7. The van der Waals surface area contributed by atoms with Crippen LogP contribution >= 0.6 is 0 Å². The van der Waals surface area contributed by atoms with Crippen LogP contribution in [0.3, 0.4) is 0 Å². The number of anilines is 1. The first-order chi connectivity index (χ1) is 12.2. The van der Waals surface area contributed by atoms with Gasteiger partial charge in [-0.25, -0.2) is 9.78 Å². The topological polar surface area (TPSA) is 92.3 Å². The molecule has 2 heterocycles. The molecule has 0 radical (unpaired) electrons. The van der Waals surface area contributed by atoms with Gasteiger partial charge < -0.3 is 20.7 Å². The van der Waals surface area contributed by atoms with Gasteiger partial charge in [0.1, 0.15) is 12.6 Å². The summed E-state index contributed by atoms with van der Waals surface area (Å²) >= 11 is 0. The van der Waals surface area contributed by atoms with Gasteiger partial charge in [-0.2, -0.15) is 0 Å². The van der Waals surface area contributed by atoms with Gasteiger partial charge >= 0.3 is 6.03 Å². The molecule has 7 nitrogen and oxygen atoms in total. The lowest BCUT2D eigenvalue weighted by molar-refractivity contribution is -0.124. The molecular formula is C18H20N4O3. The van der Waals surface area contributed by atoms with Crippen LogP contribution in [0.2, 0.25) is 0 Å². The summed E-state index contributed by atoms with van der Waals surface area (Å²) in [6.45, 7) is 1.09. The first-order valence-electron chi connectivity index (χ1n) is 8.19. The summed E-state index contributed by atoms with van der Waals surface area (Å²) in [7, 11) is 0. The monoisotopic (exact) mass is 340 g/mol. The second-order valence-corrected chi connectivity index (χ2v) is 5.74. The minimum Gasteiger partial charge on any atom is -0.473 e. The van der Waals surface area contributed by atoms with Crippen LogP contribution in [0.5, 0.6) is 5.88 Å². The lowest BCUT2D eigenvalue weighted by Gasteiger charge is -2.22. The van der Waals surface area contributed by atoms with Crippen molar-refractivity contribution in [2.45, 2.75) is 25.5 Å². The molecule has 3 N–H and O–H groups in total. The minimum absolute atomic E-state index is 0.149. The van der Waals surface area contributed by atoms with Crippen molar-refractivity contribution < 1.29 is 14.3 Å². The molecule has 3 rings (SSSR count). The molecule has 3 amide bonds. The van der Waals surface area contributed by atoms with Gasteiger partial charge in [0.2, 0.25) is 11.8 Å². The Hall–Kier alpha value is -3.09. The first kappa shape index (κ1) is 16.8. The zero-order valence-corrected chi connectivity index (χ0v) is 13.7. The smallest absolute Gasteiger partial charge is 0.319 e. The highest BCUT2D eigenvalue weighted by atomic mass is 16.5. The summed E-state index contributed by atoms with van der Waals surface area (Å²) in [6, 6.07) is 12.3. The average molecular weight is 340 g/mol. The Morgan fingerprint density at radius 1 is 1.24 bits per heavy atom. The molecule has 1 aromatic carbocycles. The lowest BCUT2D eigenvalue weighted by atomic mass is 10.1. The maximum atomic E-state index is 12.0. The number of nitrogens with one attached hydrogen (secondary N) is 3. The Labute approximate surface area is 145 Å². The van der Waals surface area contributed by atoms with E-state index >= 15 is 0 Å². The molecule has 1 atom stereocenters. The molecule has 1 saturated heterocycles. The van der Waals surface area contributed by atoms with Crippen molar-refractivity contribution in [3.63, 3.8) is 0 Å². The van der Waals surface area contributed by atoms with E-state index in [0.29, 0.717) is 31.1 Å². The van der Waals surface area contributed by atoms with E-state index in [1.165, 1.54) is 6.20 Å². The van der Waals surface area contributed by atoms with Crippen molar-refractivity contribution in [2.24, 2.45) is 0 Å². The highest BCUT2D eigenvalue weighted by Crippen LogP contribution is 2.13. The molecule has 1 aliphatic rings. The first-order valence-corrected chi connectivity index (χ1v) is 8.19. The molecule has 25 heavy (non-hydrogen) atoms. The minimum atomic E-state index is -0.491. The number of ether oxygens (including phenoxy) is 1. The van der Waals surface area contributed by atoms with E-state index in [9.17, 15) is 9.59 Å². The fraction of sp³-hybridized carbons (Fsp3) is 0.278. The van der Waals surface area contributed by atoms with Crippen molar-refractivity contribution in [3.8, 4) is 5.88 Å². The number of carbonyl (C=O) groups is 2. The number of hydrogen-bond acceptors (Lipinski definition) is 4. The lowest BCUT2D eigenvalue weighted by Crippen LogP contribution is -2.51. The second-order valence-electron chi connectivity index (χ2n) is 5.74. The molecule has 1 aromatic heterocycles. The van der Waals surface area contributed by atoms with Crippen molar-refractivity contribution in [1.82, 2.24) is 15.6 Å². The van der Waals surface area contributed by atoms with Crippen LogP contribution in [0.25, 0.3) is 0 Å². The predicted molar refractivity (Wildman–Crippen MR) is 93.2 cm³/mol. The van der Waals surface area contributed by atoms with E-state index < -0.39 is 12.1 Å². The number of urea groups is 1. The van der Waals surface area contributed by atoms with E-state index in [-0.39, 0.29) is 5.91 Å². The quantitative estimate of drug-likeness (QED) is 0.777. The van der Waals surface area contributed by atoms with Crippen LogP contribution in [0, 0.1) is 0 Å². The Morgan fingerprint density at radius 2 is 2.08 bits per heavy atom. The van der Waals surface area contributed by atoms with E-state index in [1.807, 2.05) is 30.3 Å². The Kier molecular flexibility index (Phi) is 5.46. The largest absolute Gasteiger partial charge is 0.473 e. The van der Waals surface area contributed by atoms with Gasteiger partial charge in [-0.3, -0.25) is 4.79 Å². The number of benzene rings is 1. The maximum absolute atomic E-state index is 12.0. The molecule has 130 valence electrons. The van der Waals surface area contributed by atoms with Crippen molar-refractivity contribution in [1.29, 1.82) is 0 Å². The number of piperidine rings is 1. The molecule has 0 saturated carbocycles.